The van der Waals surface area contributed by atoms with Crippen molar-refractivity contribution in [1.82, 2.24) is 5.32 Å². The highest BCUT2D eigenvalue weighted by Crippen LogP contribution is 2.15. The van der Waals surface area contributed by atoms with Gasteiger partial charge < -0.3 is 16.4 Å². The number of rotatable bonds is 7. The van der Waals surface area contributed by atoms with E-state index in [1.54, 1.807) is 12.1 Å². The van der Waals surface area contributed by atoms with Crippen LogP contribution in [0.15, 0.2) is 18.2 Å². The number of nitrogens with two attached hydrogens (primary N) is 1. The molecule has 0 fully saturated rings. The molecule has 1 rings (SSSR count). The first-order valence-electron chi connectivity index (χ1n) is 6.56. The SMILES string of the molecule is CCC(C)NC(=O)CCNc1ccc(C(N)=S)cc1F. The summed E-state index contributed by atoms with van der Waals surface area (Å²) in [5, 5.41) is 5.73. The number of hydrogen-bond donors (Lipinski definition) is 3. The van der Waals surface area contributed by atoms with Crippen LogP contribution in [-0.2, 0) is 4.79 Å². The molecule has 0 aliphatic carbocycles. The summed E-state index contributed by atoms with van der Waals surface area (Å²) in [6.45, 7) is 4.31. The van der Waals surface area contributed by atoms with Crippen molar-refractivity contribution in [2.75, 3.05) is 11.9 Å². The van der Waals surface area contributed by atoms with Gasteiger partial charge in [-0.15, -0.1) is 0 Å². The van der Waals surface area contributed by atoms with Crippen LogP contribution in [0.4, 0.5) is 10.1 Å². The minimum atomic E-state index is -0.433. The fourth-order valence-electron chi connectivity index (χ4n) is 1.57. The number of carbonyl (C=O) groups is 1. The lowest BCUT2D eigenvalue weighted by molar-refractivity contribution is -0.121. The molecule has 110 valence electrons. The highest BCUT2D eigenvalue weighted by molar-refractivity contribution is 7.80. The number of carbonyl (C=O) groups excluding carboxylic acids is 1. The molecule has 1 aromatic carbocycles. The van der Waals surface area contributed by atoms with E-state index < -0.39 is 5.82 Å². The second-order valence-corrected chi connectivity index (χ2v) is 5.05. The maximum absolute atomic E-state index is 13.7. The molecule has 4 nitrogen and oxygen atoms in total. The van der Waals surface area contributed by atoms with Crippen molar-refractivity contribution >= 4 is 28.8 Å². The quantitative estimate of drug-likeness (QED) is 0.675. The lowest BCUT2D eigenvalue weighted by atomic mass is 10.2. The van der Waals surface area contributed by atoms with Gasteiger partial charge >= 0.3 is 0 Å². The number of amides is 1. The van der Waals surface area contributed by atoms with Crippen LogP contribution in [0.5, 0.6) is 0 Å². The molecular formula is C14H20FN3OS. The fraction of sp³-hybridized carbons (Fsp3) is 0.429. The van der Waals surface area contributed by atoms with Crippen LogP contribution >= 0.6 is 12.2 Å². The van der Waals surface area contributed by atoms with E-state index in [1.807, 2.05) is 13.8 Å². The standard InChI is InChI=1S/C14H20FN3OS/c1-3-9(2)18-13(19)6-7-17-12-5-4-10(14(16)20)8-11(12)15/h4-5,8-9,17H,3,6-7H2,1-2H3,(H2,16,20)(H,18,19). The van der Waals surface area contributed by atoms with Crippen LogP contribution in [-0.4, -0.2) is 23.5 Å². The summed E-state index contributed by atoms with van der Waals surface area (Å²) in [4.78, 5) is 11.7. The van der Waals surface area contributed by atoms with Crippen LogP contribution < -0.4 is 16.4 Å². The number of anilines is 1. The normalized spacial score (nSPS) is 11.8. The lowest BCUT2D eigenvalue weighted by Gasteiger charge is -2.12. The monoisotopic (exact) mass is 297 g/mol. The van der Waals surface area contributed by atoms with Gasteiger partial charge in [0.05, 0.1) is 5.69 Å². The molecule has 0 heterocycles. The third-order valence-electron chi connectivity index (χ3n) is 2.94. The molecule has 0 aliphatic heterocycles. The molecule has 0 aromatic heterocycles. The van der Waals surface area contributed by atoms with Crippen molar-refractivity contribution in [2.45, 2.75) is 32.7 Å². The van der Waals surface area contributed by atoms with E-state index in [9.17, 15) is 9.18 Å². The number of hydrogen-bond acceptors (Lipinski definition) is 3. The first-order valence-corrected chi connectivity index (χ1v) is 6.97. The number of benzene rings is 1. The number of nitrogens with one attached hydrogen (secondary N) is 2. The van der Waals surface area contributed by atoms with Crippen molar-refractivity contribution in [3.63, 3.8) is 0 Å². The molecule has 1 amide bonds. The third kappa shape index (κ3) is 5.13. The van der Waals surface area contributed by atoms with E-state index in [0.717, 1.165) is 6.42 Å². The summed E-state index contributed by atoms with van der Waals surface area (Å²) in [5.74, 6) is -0.482. The van der Waals surface area contributed by atoms with Gasteiger partial charge in [-0.1, -0.05) is 19.1 Å². The van der Waals surface area contributed by atoms with Gasteiger partial charge in [-0.05, 0) is 31.5 Å². The van der Waals surface area contributed by atoms with Gasteiger partial charge in [-0.3, -0.25) is 4.79 Å². The fourth-order valence-corrected chi connectivity index (χ4v) is 1.70. The second-order valence-electron chi connectivity index (χ2n) is 4.61. The number of halogens is 1. The Labute approximate surface area is 123 Å². The van der Waals surface area contributed by atoms with E-state index >= 15 is 0 Å². The van der Waals surface area contributed by atoms with Crippen molar-refractivity contribution in [3.8, 4) is 0 Å². The molecule has 1 unspecified atom stereocenters. The van der Waals surface area contributed by atoms with Gasteiger partial charge in [0, 0.05) is 24.6 Å². The molecule has 0 radical (unpaired) electrons. The summed E-state index contributed by atoms with van der Waals surface area (Å²) in [6, 6.07) is 4.65. The summed E-state index contributed by atoms with van der Waals surface area (Å²) in [5.41, 5.74) is 6.24. The summed E-state index contributed by atoms with van der Waals surface area (Å²) in [6.07, 6.45) is 1.18. The minimum Gasteiger partial charge on any atom is -0.389 e. The predicted octanol–water partition coefficient (Wildman–Crippen LogP) is 2.18. The Bertz CT molecular complexity index is 493. The summed E-state index contributed by atoms with van der Waals surface area (Å²) >= 11 is 4.78. The molecule has 4 N–H and O–H groups in total. The largest absolute Gasteiger partial charge is 0.389 e. The van der Waals surface area contributed by atoms with E-state index in [1.165, 1.54) is 6.07 Å². The van der Waals surface area contributed by atoms with Gasteiger partial charge in [-0.2, -0.15) is 0 Å². The Kier molecular flexibility index (Phi) is 6.38. The summed E-state index contributed by atoms with van der Waals surface area (Å²) in [7, 11) is 0. The molecule has 0 saturated carbocycles. The zero-order valence-electron chi connectivity index (χ0n) is 11.7. The van der Waals surface area contributed by atoms with E-state index in [2.05, 4.69) is 10.6 Å². The van der Waals surface area contributed by atoms with Gasteiger partial charge in [0.2, 0.25) is 5.91 Å². The van der Waals surface area contributed by atoms with E-state index in [-0.39, 0.29) is 16.9 Å². The Morgan fingerprint density at radius 3 is 2.75 bits per heavy atom. The van der Waals surface area contributed by atoms with Crippen LogP contribution in [0, 0.1) is 5.82 Å². The van der Waals surface area contributed by atoms with Crippen LogP contribution in [0.25, 0.3) is 0 Å². The first kappa shape index (κ1) is 16.4. The lowest BCUT2D eigenvalue weighted by Crippen LogP contribution is -2.33. The molecule has 0 saturated heterocycles. The van der Waals surface area contributed by atoms with Crippen molar-refractivity contribution in [1.29, 1.82) is 0 Å². The van der Waals surface area contributed by atoms with Gasteiger partial charge in [-0.25, -0.2) is 4.39 Å². The van der Waals surface area contributed by atoms with Gasteiger partial charge in [0.1, 0.15) is 10.8 Å². The van der Waals surface area contributed by atoms with Crippen molar-refractivity contribution < 1.29 is 9.18 Å². The predicted molar refractivity (Wildman–Crippen MR) is 83.3 cm³/mol. The molecular weight excluding hydrogens is 277 g/mol. The second kappa shape index (κ2) is 7.79. The molecule has 1 atom stereocenters. The molecule has 20 heavy (non-hydrogen) atoms. The van der Waals surface area contributed by atoms with Crippen LogP contribution in [0.2, 0.25) is 0 Å². The zero-order valence-corrected chi connectivity index (χ0v) is 12.5. The third-order valence-corrected chi connectivity index (χ3v) is 3.18. The molecule has 1 aromatic rings. The molecule has 0 bridgehead atoms. The van der Waals surface area contributed by atoms with Gasteiger partial charge in [0.15, 0.2) is 0 Å². The van der Waals surface area contributed by atoms with Crippen LogP contribution in [0.3, 0.4) is 0 Å². The molecule has 0 spiro atoms. The summed E-state index contributed by atoms with van der Waals surface area (Å²) < 4.78 is 13.7. The Balaban J connectivity index is 2.46. The Hall–Kier alpha value is -1.69. The molecule has 0 aliphatic rings. The topological polar surface area (TPSA) is 67.2 Å². The highest BCUT2D eigenvalue weighted by atomic mass is 32.1. The maximum atomic E-state index is 13.7. The van der Waals surface area contributed by atoms with Gasteiger partial charge in [0.25, 0.3) is 0 Å². The average Bonchev–Trinajstić information content (AvgIpc) is 2.40. The van der Waals surface area contributed by atoms with Crippen molar-refractivity contribution in [3.05, 3.63) is 29.6 Å². The maximum Gasteiger partial charge on any atom is 0.221 e. The Morgan fingerprint density at radius 1 is 1.50 bits per heavy atom. The Morgan fingerprint density at radius 2 is 2.20 bits per heavy atom. The van der Waals surface area contributed by atoms with Crippen molar-refractivity contribution in [2.24, 2.45) is 5.73 Å². The van der Waals surface area contributed by atoms with E-state index in [0.29, 0.717) is 24.2 Å². The first-order chi connectivity index (χ1) is 9.43. The minimum absolute atomic E-state index is 0.0491. The van der Waals surface area contributed by atoms with Crippen LogP contribution in [0.1, 0.15) is 32.3 Å². The number of thiocarbonyl (C=S) groups is 1. The average molecular weight is 297 g/mol. The smallest absolute Gasteiger partial charge is 0.221 e. The molecule has 6 heteroatoms. The highest BCUT2D eigenvalue weighted by Gasteiger charge is 2.07. The zero-order chi connectivity index (χ0) is 15.1. The van der Waals surface area contributed by atoms with E-state index in [4.69, 9.17) is 18.0 Å².